The molecule has 1 fully saturated rings. The molecule has 1 saturated heterocycles. The monoisotopic (exact) mass is 429 g/mol. The van der Waals surface area contributed by atoms with E-state index < -0.39 is 0 Å². The van der Waals surface area contributed by atoms with Crippen molar-refractivity contribution >= 4 is 23.7 Å². The molecule has 0 saturated carbocycles. The van der Waals surface area contributed by atoms with Crippen molar-refractivity contribution in [3.8, 4) is 33.1 Å². The molecule has 6 heteroatoms. The number of hydrogen-bond donors (Lipinski definition) is 0. The molecular weight excluding hydrogens is 406 g/mol. The highest BCUT2D eigenvalue weighted by Gasteiger charge is 2.23. The van der Waals surface area contributed by atoms with Crippen LogP contribution in [0.25, 0.3) is 21.6 Å². The Morgan fingerprint density at radius 2 is 1.59 bits per heavy atom. The van der Waals surface area contributed by atoms with Crippen LogP contribution in [0.3, 0.4) is 0 Å². The molecule has 152 valence electrons. The van der Waals surface area contributed by atoms with E-state index in [9.17, 15) is 0 Å². The molecule has 0 atom stereocenters. The van der Waals surface area contributed by atoms with Gasteiger partial charge in [-0.1, -0.05) is 30.3 Å². The van der Waals surface area contributed by atoms with E-state index in [4.69, 9.17) is 14.2 Å². The Hall–Kier alpha value is -1.89. The third-order valence-electron chi connectivity index (χ3n) is 5.21. The Balaban J connectivity index is 0.00000205. The summed E-state index contributed by atoms with van der Waals surface area (Å²) in [7, 11) is 0. The summed E-state index contributed by atoms with van der Waals surface area (Å²) in [5.41, 5.74) is 3.53. The minimum Gasteiger partial charge on any atom is -0.456 e. The van der Waals surface area contributed by atoms with Gasteiger partial charge in [0, 0.05) is 46.1 Å². The van der Waals surface area contributed by atoms with Gasteiger partial charge in [-0.3, -0.25) is 4.90 Å². The van der Waals surface area contributed by atoms with Crippen LogP contribution >= 0.6 is 23.7 Å². The first kappa shape index (κ1) is 20.4. The molecule has 5 rings (SSSR count). The molecule has 3 aromatic rings. The van der Waals surface area contributed by atoms with Crippen molar-refractivity contribution in [2.45, 2.75) is 6.61 Å². The lowest BCUT2D eigenvalue weighted by molar-refractivity contribution is 0.0183. The fourth-order valence-electron chi connectivity index (χ4n) is 3.74. The molecule has 0 bridgehead atoms. The lowest BCUT2D eigenvalue weighted by Crippen LogP contribution is -2.38. The standard InChI is InChI=1S/C23H23NO3S.ClH/c1-3-7-21-18(5-1)20-15-17(16-26-14-11-24-9-12-25-13-10-24)28-23(20)19-6-2-4-8-22(19)27-21;/h1-8,15H,9-14,16H2;1H. The third kappa shape index (κ3) is 4.34. The summed E-state index contributed by atoms with van der Waals surface area (Å²) in [6, 6.07) is 18.8. The first-order chi connectivity index (χ1) is 13.9. The van der Waals surface area contributed by atoms with E-state index in [0.29, 0.717) is 6.61 Å². The van der Waals surface area contributed by atoms with E-state index in [0.717, 1.165) is 62.1 Å². The van der Waals surface area contributed by atoms with Gasteiger partial charge >= 0.3 is 0 Å². The summed E-state index contributed by atoms with van der Waals surface area (Å²) in [4.78, 5) is 4.91. The molecule has 0 amide bonds. The predicted octanol–water partition coefficient (Wildman–Crippen LogP) is 5.46. The molecule has 29 heavy (non-hydrogen) atoms. The summed E-state index contributed by atoms with van der Waals surface area (Å²) in [5, 5.41) is 0. The fraction of sp³-hybridized carbons (Fsp3) is 0.304. The Morgan fingerprint density at radius 1 is 0.897 bits per heavy atom. The minimum atomic E-state index is 0. The molecule has 0 spiro atoms. The maximum atomic E-state index is 6.21. The highest BCUT2D eigenvalue weighted by molar-refractivity contribution is 7.16. The average Bonchev–Trinajstić information content (AvgIpc) is 3.11. The van der Waals surface area contributed by atoms with Crippen molar-refractivity contribution in [3.05, 3.63) is 59.5 Å². The second kappa shape index (κ2) is 9.28. The zero-order chi connectivity index (χ0) is 18.8. The van der Waals surface area contributed by atoms with Crippen molar-refractivity contribution in [3.63, 3.8) is 0 Å². The lowest BCUT2D eigenvalue weighted by atomic mass is 10.0. The number of ether oxygens (including phenoxy) is 3. The second-order valence-electron chi connectivity index (χ2n) is 7.06. The van der Waals surface area contributed by atoms with Gasteiger partial charge in [-0.05, 0) is 24.3 Å². The van der Waals surface area contributed by atoms with Crippen LogP contribution in [-0.4, -0.2) is 44.4 Å². The van der Waals surface area contributed by atoms with Gasteiger partial charge in [-0.25, -0.2) is 0 Å². The quantitative estimate of drug-likeness (QED) is 0.394. The molecule has 0 radical (unpaired) electrons. The summed E-state index contributed by atoms with van der Waals surface area (Å²) in [6.45, 7) is 6.03. The van der Waals surface area contributed by atoms with Crippen LogP contribution in [-0.2, 0) is 16.1 Å². The van der Waals surface area contributed by atoms with Gasteiger partial charge in [0.15, 0.2) is 0 Å². The number of morpholine rings is 1. The van der Waals surface area contributed by atoms with Crippen molar-refractivity contribution < 1.29 is 14.2 Å². The molecule has 0 aliphatic carbocycles. The van der Waals surface area contributed by atoms with Crippen LogP contribution in [0, 0.1) is 0 Å². The molecule has 2 aliphatic rings. The minimum absolute atomic E-state index is 0. The van der Waals surface area contributed by atoms with Crippen LogP contribution in [0.4, 0.5) is 0 Å². The zero-order valence-electron chi connectivity index (χ0n) is 16.1. The van der Waals surface area contributed by atoms with Crippen LogP contribution in [0.5, 0.6) is 11.5 Å². The maximum absolute atomic E-state index is 6.21. The van der Waals surface area contributed by atoms with Gasteiger partial charge in [0.25, 0.3) is 0 Å². The largest absolute Gasteiger partial charge is 0.456 e. The normalized spacial score (nSPS) is 15.3. The highest BCUT2D eigenvalue weighted by Crippen LogP contribution is 2.49. The summed E-state index contributed by atoms with van der Waals surface area (Å²) in [6.07, 6.45) is 0. The van der Waals surface area contributed by atoms with Gasteiger partial charge in [-0.15, -0.1) is 23.7 Å². The number of rotatable bonds is 5. The first-order valence-corrected chi connectivity index (χ1v) is 10.6. The molecule has 4 nitrogen and oxygen atoms in total. The summed E-state index contributed by atoms with van der Waals surface area (Å²) in [5.74, 6) is 1.82. The van der Waals surface area contributed by atoms with Crippen molar-refractivity contribution in [2.24, 2.45) is 0 Å². The molecule has 2 aliphatic heterocycles. The van der Waals surface area contributed by atoms with Crippen molar-refractivity contribution in [1.82, 2.24) is 4.90 Å². The van der Waals surface area contributed by atoms with Crippen LogP contribution in [0.2, 0.25) is 0 Å². The average molecular weight is 430 g/mol. The van der Waals surface area contributed by atoms with E-state index >= 15 is 0 Å². The Morgan fingerprint density at radius 3 is 2.38 bits per heavy atom. The molecule has 0 N–H and O–H groups in total. The smallest absolute Gasteiger partial charge is 0.136 e. The zero-order valence-corrected chi connectivity index (χ0v) is 17.8. The predicted molar refractivity (Wildman–Crippen MR) is 119 cm³/mol. The second-order valence-corrected chi connectivity index (χ2v) is 8.19. The van der Waals surface area contributed by atoms with Gasteiger partial charge < -0.3 is 14.2 Å². The van der Waals surface area contributed by atoms with Crippen molar-refractivity contribution in [2.75, 3.05) is 39.5 Å². The van der Waals surface area contributed by atoms with E-state index in [1.807, 2.05) is 24.3 Å². The van der Waals surface area contributed by atoms with Gasteiger partial charge in [0.2, 0.25) is 0 Å². The topological polar surface area (TPSA) is 30.9 Å². The summed E-state index contributed by atoms with van der Waals surface area (Å²) < 4.78 is 17.6. The Bertz CT molecular complexity index is 905. The number of thiophene rings is 1. The summed E-state index contributed by atoms with van der Waals surface area (Å²) >= 11 is 1.80. The van der Waals surface area contributed by atoms with Crippen molar-refractivity contribution in [1.29, 1.82) is 0 Å². The number of para-hydroxylation sites is 2. The highest BCUT2D eigenvalue weighted by atomic mass is 35.5. The molecular formula is C23H24ClNO3S. The SMILES string of the molecule is Cl.c1ccc2c(c1)Oc1ccccc1-c1sc(COCCN3CCOCC3)cc1-2. The Labute approximate surface area is 181 Å². The number of hydrogen-bond acceptors (Lipinski definition) is 5. The number of benzene rings is 2. The van der Waals surface area contributed by atoms with E-state index in [1.54, 1.807) is 11.3 Å². The van der Waals surface area contributed by atoms with Crippen LogP contribution < -0.4 is 4.74 Å². The van der Waals surface area contributed by atoms with Gasteiger partial charge in [0.05, 0.1) is 26.4 Å². The Kier molecular flexibility index (Phi) is 6.53. The molecule has 1 aromatic heterocycles. The first-order valence-electron chi connectivity index (χ1n) is 9.76. The van der Waals surface area contributed by atoms with Gasteiger partial charge in [0.1, 0.15) is 11.5 Å². The van der Waals surface area contributed by atoms with Gasteiger partial charge in [-0.2, -0.15) is 0 Å². The number of nitrogens with zero attached hydrogens (tertiary/aromatic N) is 1. The van der Waals surface area contributed by atoms with E-state index in [2.05, 4.69) is 35.2 Å². The van der Waals surface area contributed by atoms with E-state index in [1.165, 1.54) is 15.3 Å². The number of halogens is 1. The third-order valence-corrected chi connectivity index (χ3v) is 6.35. The maximum Gasteiger partial charge on any atom is 0.136 e. The van der Waals surface area contributed by atoms with E-state index in [-0.39, 0.29) is 12.4 Å². The van der Waals surface area contributed by atoms with Crippen LogP contribution in [0.1, 0.15) is 4.88 Å². The number of fused-ring (bicyclic) bond motifs is 5. The van der Waals surface area contributed by atoms with Crippen LogP contribution in [0.15, 0.2) is 54.6 Å². The lowest BCUT2D eigenvalue weighted by Gasteiger charge is -2.26. The molecule has 0 unspecified atom stereocenters. The molecule has 2 aromatic carbocycles. The fourth-order valence-corrected chi connectivity index (χ4v) is 4.88. The molecule has 3 heterocycles.